The van der Waals surface area contributed by atoms with E-state index in [9.17, 15) is 0 Å². The first-order valence-electron chi connectivity index (χ1n) is 6.23. The molecule has 1 aromatic rings. The van der Waals surface area contributed by atoms with Gasteiger partial charge in [-0.3, -0.25) is 0 Å². The first-order chi connectivity index (χ1) is 7.93. The molecule has 0 fully saturated rings. The molecule has 0 saturated heterocycles. The van der Waals surface area contributed by atoms with Crippen molar-refractivity contribution in [3.05, 3.63) is 48.0 Å². The van der Waals surface area contributed by atoms with Crippen molar-refractivity contribution in [1.82, 2.24) is 0 Å². The number of hydrogen-bond acceptors (Lipinski definition) is 1. The van der Waals surface area contributed by atoms with Crippen molar-refractivity contribution < 1.29 is 5.11 Å². The maximum Gasteiger partial charge on any atom is 0.0612 e. The number of rotatable bonds is 4. The first-order valence-corrected chi connectivity index (χ1v) is 6.23. The van der Waals surface area contributed by atoms with Gasteiger partial charge in [-0.05, 0) is 18.4 Å². The number of aliphatic hydroxyl groups excluding tert-OH is 1. The summed E-state index contributed by atoms with van der Waals surface area (Å²) < 4.78 is 0. The molecule has 0 unspecified atom stereocenters. The van der Waals surface area contributed by atoms with Crippen LogP contribution in [0, 0.1) is 0 Å². The fraction of sp³-hybridized carbons (Fsp3) is 0.500. The highest BCUT2D eigenvalue weighted by Gasteiger charge is 1.86. The van der Waals surface area contributed by atoms with E-state index in [0.717, 1.165) is 12.8 Å². The van der Waals surface area contributed by atoms with Gasteiger partial charge in [0.15, 0.2) is 0 Å². The van der Waals surface area contributed by atoms with E-state index in [0.29, 0.717) is 0 Å². The number of aliphatic hydroxyl groups is 1. The monoisotopic (exact) mass is 238 g/mol. The number of benzene rings is 1. The molecule has 1 aromatic carbocycles. The van der Waals surface area contributed by atoms with Crippen LogP contribution in [0.5, 0.6) is 0 Å². The van der Waals surface area contributed by atoms with E-state index >= 15 is 0 Å². The quantitative estimate of drug-likeness (QED) is 0.743. The molecular weight excluding hydrogens is 208 g/mol. The predicted octanol–water partition coefficient (Wildman–Crippen LogP) is 4.86. The fourth-order valence-electron chi connectivity index (χ4n) is 1.09. The average Bonchev–Trinajstić information content (AvgIpc) is 2.41. The molecule has 1 rings (SSSR count). The van der Waals surface area contributed by atoms with E-state index < -0.39 is 0 Å². The van der Waals surface area contributed by atoms with Gasteiger partial charge < -0.3 is 5.11 Å². The Balaban J connectivity index is -0.000000355. The maximum atomic E-state index is 8.48. The standard InChI is InChI=1S/C11H14O.2C2H6.CH4/c12-10-6-2-5-9-11-7-3-1-4-8-11;2*1-2;/h1-4,6-8,12H,5,9-10H2;2*1-2H3;1H4/b6-2+;;;. The minimum atomic E-state index is 0. The summed E-state index contributed by atoms with van der Waals surface area (Å²) in [6.07, 6.45) is 5.85. The Morgan fingerprint density at radius 1 is 0.941 bits per heavy atom. The Hall–Kier alpha value is -1.08. The summed E-state index contributed by atoms with van der Waals surface area (Å²) in [4.78, 5) is 0. The van der Waals surface area contributed by atoms with Crippen molar-refractivity contribution in [2.75, 3.05) is 6.61 Å². The summed E-state index contributed by atoms with van der Waals surface area (Å²) in [6, 6.07) is 10.4. The lowest BCUT2D eigenvalue weighted by molar-refractivity contribution is 0.342. The summed E-state index contributed by atoms with van der Waals surface area (Å²) in [5.41, 5.74) is 1.35. The molecule has 0 atom stereocenters. The lowest BCUT2D eigenvalue weighted by Gasteiger charge is -1.95. The second kappa shape index (κ2) is 20.3. The fourth-order valence-corrected chi connectivity index (χ4v) is 1.09. The minimum Gasteiger partial charge on any atom is -0.392 e. The van der Waals surface area contributed by atoms with Gasteiger partial charge in [0.2, 0.25) is 0 Å². The first kappa shape index (κ1) is 21.2. The van der Waals surface area contributed by atoms with Crippen LogP contribution in [0.25, 0.3) is 0 Å². The van der Waals surface area contributed by atoms with E-state index in [4.69, 9.17) is 5.11 Å². The second-order valence-electron chi connectivity index (χ2n) is 2.68. The van der Waals surface area contributed by atoms with E-state index in [1.807, 2.05) is 52.0 Å². The maximum absolute atomic E-state index is 8.48. The molecule has 0 aliphatic heterocycles. The van der Waals surface area contributed by atoms with Gasteiger partial charge in [0, 0.05) is 0 Å². The van der Waals surface area contributed by atoms with Crippen LogP contribution in [0.4, 0.5) is 0 Å². The Kier molecular flexibility index (Phi) is 25.4. The molecule has 100 valence electrons. The molecule has 1 heteroatoms. The van der Waals surface area contributed by atoms with Gasteiger partial charge in [-0.15, -0.1) is 0 Å². The van der Waals surface area contributed by atoms with Gasteiger partial charge in [-0.1, -0.05) is 77.6 Å². The van der Waals surface area contributed by atoms with Crippen molar-refractivity contribution in [3.8, 4) is 0 Å². The molecule has 0 spiro atoms. The van der Waals surface area contributed by atoms with Crippen LogP contribution in [0.3, 0.4) is 0 Å². The van der Waals surface area contributed by atoms with Gasteiger partial charge in [-0.2, -0.15) is 0 Å². The molecule has 0 bridgehead atoms. The Labute approximate surface area is 108 Å². The summed E-state index contributed by atoms with van der Waals surface area (Å²) in [6.45, 7) is 8.15. The highest BCUT2D eigenvalue weighted by atomic mass is 16.2. The van der Waals surface area contributed by atoms with E-state index in [1.165, 1.54) is 5.56 Å². The molecule has 0 saturated carbocycles. The minimum absolute atomic E-state index is 0. The Bertz CT molecular complexity index is 227. The lowest BCUT2D eigenvalue weighted by atomic mass is 10.1. The average molecular weight is 238 g/mol. The van der Waals surface area contributed by atoms with Crippen LogP contribution in [0.2, 0.25) is 0 Å². The summed E-state index contributed by atoms with van der Waals surface area (Å²) in [7, 11) is 0. The molecule has 0 radical (unpaired) electrons. The molecule has 1 nitrogen and oxygen atoms in total. The number of hydrogen-bond donors (Lipinski definition) is 1. The molecule has 17 heavy (non-hydrogen) atoms. The van der Waals surface area contributed by atoms with Crippen LogP contribution < -0.4 is 0 Å². The third-order valence-corrected chi connectivity index (χ3v) is 1.71. The summed E-state index contributed by atoms with van der Waals surface area (Å²) in [5.74, 6) is 0. The van der Waals surface area contributed by atoms with Crippen molar-refractivity contribution in [3.63, 3.8) is 0 Å². The topological polar surface area (TPSA) is 20.2 Å². The third-order valence-electron chi connectivity index (χ3n) is 1.71. The smallest absolute Gasteiger partial charge is 0.0612 e. The highest BCUT2D eigenvalue weighted by molar-refractivity contribution is 5.15. The Morgan fingerprint density at radius 3 is 1.94 bits per heavy atom. The van der Waals surface area contributed by atoms with E-state index in [1.54, 1.807) is 6.08 Å². The molecule has 0 aliphatic rings. The Morgan fingerprint density at radius 2 is 1.47 bits per heavy atom. The molecule has 0 aliphatic carbocycles. The third kappa shape index (κ3) is 14.9. The van der Waals surface area contributed by atoms with Crippen molar-refractivity contribution in [2.45, 2.75) is 48.0 Å². The molecule has 0 amide bonds. The van der Waals surface area contributed by atoms with Crippen molar-refractivity contribution >= 4 is 0 Å². The largest absolute Gasteiger partial charge is 0.392 e. The van der Waals surface area contributed by atoms with Gasteiger partial charge >= 0.3 is 0 Å². The van der Waals surface area contributed by atoms with Crippen molar-refractivity contribution in [1.29, 1.82) is 0 Å². The molecule has 0 heterocycles. The zero-order valence-electron chi connectivity index (χ0n) is 11.1. The second-order valence-corrected chi connectivity index (χ2v) is 2.68. The highest BCUT2D eigenvalue weighted by Crippen LogP contribution is 2.02. The number of aryl methyl sites for hydroxylation is 1. The van der Waals surface area contributed by atoms with E-state index in [2.05, 4.69) is 12.1 Å². The SMILES string of the molecule is C.CC.CC.OC/C=C/CCc1ccccc1. The molecule has 0 aromatic heterocycles. The zero-order chi connectivity index (χ0) is 12.6. The zero-order valence-corrected chi connectivity index (χ0v) is 11.1. The predicted molar refractivity (Wildman–Crippen MR) is 80.4 cm³/mol. The molecule has 1 N–H and O–H groups in total. The van der Waals surface area contributed by atoms with Gasteiger partial charge in [0.25, 0.3) is 0 Å². The van der Waals surface area contributed by atoms with Crippen LogP contribution in [-0.4, -0.2) is 11.7 Å². The molecular formula is C16H30O. The summed E-state index contributed by atoms with van der Waals surface area (Å²) in [5, 5.41) is 8.48. The van der Waals surface area contributed by atoms with Gasteiger partial charge in [-0.25, -0.2) is 0 Å². The normalized spacial score (nSPS) is 8.29. The summed E-state index contributed by atoms with van der Waals surface area (Å²) >= 11 is 0. The van der Waals surface area contributed by atoms with Gasteiger partial charge in [0.05, 0.1) is 6.61 Å². The van der Waals surface area contributed by atoms with Crippen LogP contribution >= 0.6 is 0 Å². The lowest BCUT2D eigenvalue weighted by Crippen LogP contribution is -1.81. The van der Waals surface area contributed by atoms with Crippen molar-refractivity contribution in [2.24, 2.45) is 0 Å². The van der Waals surface area contributed by atoms with Crippen LogP contribution in [-0.2, 0) is 6.42 Å². The van der Waals surface area contributed by atoms with Crippen LogP contribution in [0.15, 0.2) is 42.5 Å². The van der Waals surface area contributed by atoms with Gasteiger partial charge in [0.1, 0.15) is 0 Å². The van der Waals surface area contributed by atoms with Crippen LogP contribution in [0.1, 0.15) is 47.1 Å². The number of allylic oxidation sites excluding steroid dienone is 1. The van der Waals surface area contributed by atoms with E-state index in [-0.39, 0.29) is 14.0 Å².